The van der Waals surface area contributed by atoms with E-state index in [-0.39, 0.29) is 30.5 Å². The van der Waals surface area contributed by atoms with Crippen molar-refractivity contribution in [1.82, 2.24) is 15.1 Å². The molecule has 154 valence electrons. The molecule has 1 fully saturated rings. The van der Waals surface area contributed by atoms with E-state index in [1.54, 1.807) is 16.7 Å². The van der Waals surface area contributed by atoms with Gasteiger partial charge in [0.25, 0.3) is 0 Å². The SMILES string of the molecule is CCOC(=O)N1CCC(N(CC(=O)NCCCc2ccccc2)C(C)=O)CC1. The number of nitrogens with one attached hydrogen (secondary N) is 1. The molecule has 0 aromatic heterocycles. The van der Waals surface area contributed by atoms with Crippen LogP contribution in [0.2, 0.25) is 0 Å². The number of hydrogen-bond acceptors (Lipinski definition) is 4. The van der Waals surface area contributed by atoms with Crippen molar-refractivity contribution < 1.29 is 19.1 Å². The molecule has 0 atom stereocenters. The quantitative estimate of drug-likeness (QED) is 0.692. The molecular weight excluding hydrogens is 358 g/mol. The van der Waals surface area contributed by atoms with Crippen molar-refractivity contribution >= 4 is 17.9 Å². The average Bonchev–Trinajstić information content (AvgIpc) is 2.70. The number of aryl methyl sites for hydroxylation is 1. The molecule has 7 nitrogen and oxygen atoms in total. The van der Waals surface area contributed by atoms with Crippen LogP contribution in [0, 0.1) is 0 Å². The second-order valence-corrected chi connectivity index (χ2v) is 7.00. The number of nitrogens with zero attached hydrogens (tertiary/aromatic N) is 2. The summed E-state index contributed by atoms with van der Waals surface area (Å²) in [5, 5.41) is 2.90. The lowest BCUT2D eigenvalue weighted by molar-refractivity contribution is -0.137. The highest BCUT2D eigenvalue weighted by Gasteiger charge is 2.29. The predicted octanol–water partition coefficient (Wildman–Crippen LogP) is 2.20. The van der Waals surface area contributed by atoms with Gasteiger partial charge in [-0.15, -0.1) is 0 Å². The number of carbonyl (C=O) groups is 3. The Labute approximate surface area is 167 Å². The van der Waals surface area contributed by atoms with Gasteiger partial charge in [0.15, 0.2) is 0 Å². The van der Waals surface area contributed by atoms with Gasteiger partial charge in [0.05, 0.1) is 13.2 Å². The Morgan fingerprint density at radius 1 is 1.18 bits per heavy atom. The summed E-state index contributed by atoms with van der Waals surface area (Å²) < 4.78 is 5.02. The number of piperidine rings is 1. The van der Waals surface area contributed by atoms with Crippen LogP contribution in [0.15, 0.2) is 30.3 Å². The van der Waals surface area contributed by atoms with Gasteiger partial charge in [0, 0.05) is 32.6 Å². The van der Waals surface area contributed by atoms with E-state index in [0.717, 1.165) is 12.8 Å². The van der Waals surface area contributed by atoms with Crippen LogP contribution in [0.5, 0.6) is 0 Å². The van der Waals surface area contributed by atoms with Crippen molar-refractivity contribution in [2.24, 2.45) is 0 Å². The highest BCUT2D eigenvalue weighted by Crippen LogP contribution is 2.17. The number of benzene rings is 1. The molecule has 1 aromatic carbocycles. The Bertz CT molecular complexity index is 642. The van der Waals surface area contributed by atoms with Crippen LogP contribution in [-0.2, 0) is 20.7 Å². The normalized spacial score (nSPS) is 14.4. The first kappa shape index (κ1) is 21.7. The van der Waals surface area contributed by atoms with Gasteiger partial charge in [-0.05, 0) is 38.2 Å². The third-order valence-corrected chi connectivity index (χ3v) is 4.96. The van der Waals surface area contributed by atoms with E-state index in [9.17, 15) is 14.4 Å². The van der Waals surface area contributed by atoms with Crippen LogP contribution in [0.25, 0.3) is 0 Å². The maximum atomic E-state index is 12.3. The van der Waals surface area contributed by atoms with Gasteiger partial charge < -0.3 is 19.9 Å². The molecule has 7 heteroatoms. The van der Waals surface area contributed by atoms with Crippen LogP contribution in [0.4, 0.5) is 4.79 Å². The molecule has 0 aliphatic carbocycles. The minimum Gasteiger partial charge on any atom is -0.450 e. The van der Waals surface area contributed by atoms with Crippen molar-refractivity contribution in [3.8, 4) is 0 Å². The summed E-state index contributed by atoms with van der Waals surface area (Å²) in [5.74, 6) is -0.259. The van der Waals surface area contributed by atoms with Crippen molar-refractivity contribution in [2.45, 2.75) is 45.6 Å². The fraction of sp³-hybridized carbons (Fsp3) is 0.571. The zero-order valence-electron chi connectivity index (χ0n) is 16.9. The fourth-order valence-electron chi connectivity index (χ4n) is 3.45. The Morgan fingerprint density at radius 3 is 2.46 bits per heavy atom. The smallest absolute Gasteiger partial charge is 0.409 e. The summed E-state index contributed by atoms with van der Waals surface area (Å²) in [6, 6.07) is 10.1. The van der Waals surface area contributed by atoms with Crippen LogP contribution >= 0.6 is 0 Å². The molecule has 1 heterocycles. The molecule has 1 aromatic rings. The minimum atomic E-state index is -0.313. The number of hydrogen-bond donors (Lipinski definition) is 1. The van der Waals surface area contributed by atoms with E-state index in [2.05, 4.69) is 17.4 Å². The van der Waals surface area contributed by atoms with E-state index < -0.39 is 0 Å². The minimum absolute atomic E-state index is 0.0294. The second-order valence-electron chi connectivity index (χ2n) is 7.00. The summed E-state index contributed by atoms with van der Waals surface area (Å²) >= 11 is 0. The third kappa shape index (κ3) is 6.87. The van der Waals surface area contributed by atoms with Crippen LogP contribution < -0.4 is 5.32 Å². The van der Waals surface area contributed by atoms with E-state index in [4.69, 9.17) is 4.74 Å². The third-order valence-electron chi connectivity index (χ3n) is 4.96. The van der Waals surface area contributed by atoms with E-state index in [1.807, 2.05) is 18.2 Å². The number of carbonyl (C=O) groups excluding carboxylic acids is 3. The summed E-state index contributed by atoms with van der Waals surface area (Å²) in [6.45, 7) is 5.33. The van der Waals surface area contributed by atoms with Crippen molar-refractivity contribution in [1.29, 1.82) is 0 Å². The van der Waals surface area contributed by atoms with Gasteiger partial charge in [-0.25, -0.2) is 4.79 Å². The number of likely N-dealkylation sites (tertiary alicyclic amines) is 1. The molecule has 1 saturated heterocycles. The molecule has 0 saturated carbocycles. The van der Waals surface area contributed by atoms with Crippen molar-refractivity contribution in [2.75, 3.05) is 32.8 Å². The molecule has 1 aliphatic heterocycles. The molecular formula is C21H31N3O4. The molecule has 1 N–H and O–H groups in total. The summed E-state index contributed by atoms with van der Waals surface area (Å²) in [6.07, 6.45) is 2.75. The van der Waals surface area contributed by atoms with Gasteiger partial charge in [0.2, 0.25) is 11.8 Å². The Balaban J connectivity index is 1.74. The van der Waals surface area contributed by atoms with Gasteiger partial charge >= 0.3 is 6.09 Å². The Kier molecular flexibility index (Phi) is 8.78. The first-order valence-corrected chi connectivity index (χ1v) is 10.0. The van der Waals surface area contributed by atoms with Gasteiger partial charge in [0.1, 0.15) is 0 Å². The lowest BCUT2D eigenvalue weighted by Gasteiger charge is -2.37. The molecule has 2 rings (SSSR count). The molecule has 0 spiro atoms. The highest BCUT2D eigenvalue weighted by atomic mass is 16.6. The van der Waals surface area contributed by atoms with Crippen molar-refractivity contribution in [3.05, 3.63) is 35.9 Å². The topological polar surface area (TPSA) is 79.0 Å². The van der Waals surface area contributed by atoms with E-state index in [1.165, 1.54) is 12.5 Å². The zero-order valence-corrected chi connectivity index (χ0v) is 16.9. The predicted molar refractivity (Wildman–Crippen MR) is 107 cm³/mol. The maximum Gasteiger partial charge on any atom is 0.409 e. The van der Waals surface area contributed by atoms with Gasteiger partial charge in [-0.3, -0.25) is 9.59 Å². The Morgan fingerprint density at radius 2 is 1.86 bits per heavy atom. The molecule has 0 bridgehead atoms. The van der Waals surface area contributed by atoms with E-state index >= 15 is 0 Å². The first-order valence-electron chi connectivity index (χ1n) is 10.0. The highest BCUT2D eigenvalue weighted by molar-refractivity contribution is 5.84. The Hall–Kier alpha value is -2.57. The molecule has 0 radical (unpaired) electrons. The van der Waals surface area contributed by atoms with E-state index in [0.29, 0.717) is 39.1 Å². The fourth-order valence-corrected chi connectivity index (χ4v) is 3.45. The maximum absolute atomic E-state index is 12.3. The van der Waals surface area contributed by atoms with Crippen LogP contribution in [0.1, 0.15) is 38.7 Å². The summed E-state index contributed by atoms with van der Waals surface area (Å²) in [4.78, 5) is 39.4. The molecule has 1 aliphatic rings. The summed E-state index contributed by atoms with van der Waals surface area (Å²) in [7, 11) is 0. The standard InChI is InChI=1S/C21H31N3O4/c1-3-28-21(27)23-14-11-19(12-15-23)24(17(2)25)16-20(26)22-13-7-10-18-8-5-4-6-9-18/h4-6,8-9,19H,3,7,10-16H2,1-2H3,(H,22,26). The van der Waals surface area contributed by atoms with Gasteiger partial charge in [-0.2, -0.15) is 0 Å². The molecule has 0 unspecified atom stereocenters. The summed E-state index contributed by atoms with van der Waals surface area (Å²) in [5.41, 5.74) is 1.25. The molecule has 28 heavy (non-hydrogen) atoms. The monoisotopic (exact) mass is 389 g/mol. The lowest BCUT2D eigenvalue weighted by atomic mass is 10.0. The van der Waals surface area contributed by atoms with Gasteiger partial charge in [-0.1, -0.05) is 30.3 Å². The average molecular weight is 389 g/mol. The zero-order chi connectivity index (χ0) is 20.4. The number of amides is 3. The van der Waals surface area contributed by atoms with Crippen LogP contribution in [0.3, 0.4) is 0 Å². The van der Waals surface area contributed by atoms with Crippen LogP contribution in [-0.4, -0.2) is 66.5 Å². The lowest BCUT2D eigenvalue weighted by Crippen LogP contribution is -2.51. The van der Waals surface area contributed by atoms with Crippen molar-refractivity contribution in [3.63, 3.8) is 0 Å². The number of ether oxygens (including phenoxy) is 1. The molecule has 3 amide bonds. The first-order chi connectivity index (χ1) is 13.5. The number of rotatable bonds is 8. The largest absolute Gasteiger partial charge is 0.450 e. The second kappa shape index (κ2) is 11.3.